The molecule has 0 saturated carbocycles. The van der Waals surface area contributed by atoms with Gasteiger partial charge >= 0.3 is 0 Å². The standard InChI is InChI=1S/C13H10BrF2N/c14-13-7-11(16)5-4-9(13)8-17-12-3-1-2-10(15)6-12/h1-7,17H,8H2. The lowest BCUT2D eigenvalue weighted by Crippen LogP contribution is -2.00. The maximum absolute atomic E-state index is 12.9. The van der Waals surface area contributed by atoms with E-state index >= 15 is 0 Å². The Bertz CT molecular complexity index is 529. The number of nitrogens with one attached hydrogen (secondary N) is 1. The van der Waals surface area contributed by atoms with E-state index in [9.17, 15) is 8.78 Å². The van der Waals surface area contributed by atoms with Crippen LogP contribution in [0, 0.1) is 11.6 Å². The largest absolute Gasteiger partial charge is 0.381 e. The first-order chi connectivity index (χ1) is 8.15. The maximum Gasteiger partial charge on any atom is 0.125 e. The quantitative estimate of drug-likeness (QED) is 0.889. The molecule has 0 bridgehead atoms. The molecule has 0 unspecified atom stereocenters. The topological polar surface area (TPSA) is 12.0 Å². The normalized spacial score (nSPS) is 10.3. The Balaban J connectivity index is 2.07. The Labute approximate surface area is 107 Å². The molecule has 4 heteroatoms. The Hall–Kier alpha value is -1.42. The van der Waals surface area contributed by atoms with Gasteiger partial charge < -0.3 is 5.32 Å². The van der Waals surface area contributed by atoms with Gasteiger partial charge in [-0.3, -0.25) is 0 Å². The number of hydrogen-bond acceptors (Lipinski definition) is 1. The van der Waals surface area contributed by atoms with Crippen molar-refractivity contribution in [3.63, 3.8) is 0 Å². The van der Waals surface area contributed by atoms with Crippen LogP contribution in [0.1, 0.15) is 5.56 Å². The van der Waals surface area contributed by atoms with Crippen molar-refractivity contribution in [2.24, 2.45) is 0 Å². The van der Waals surface area contributed by atoms with Crippen molar-refractivity contribution in [3.8, 4) is 0 Å². The van der Waals surface area contributed by atoms with E-state index in [1.165, 1.54) is 24.3 Å². The first-order valence-electron chi connectivity index (χ1n) is 5.08. The van der Waals surface area contributed by atoms with Gasteiger partial charge in [-0.25, -0.2) is 8.78 Å². The van der Waals surface area contributed by atoms with Gasteiger partial charge in [-0.05, 0) is 35.9 Å². The summed E-state index contributed by atoms with van der Waals surface area (Å²) in [6.45, 7) is 0.504. The summed E-state index contributed by atoms with van der Waals surface area (Å²) in [5.41, 5.74) is 1.61. The van der Waals surface area contributed by atoms with Crippen molar-refractivity contribution in [1.82, 2.24) is 0 Å². The molecule has 0 fully saturated rings. The summed E-state index contributed by atoms with van der Waals surface area (Å²) >= 11 is 3.28. The molecule has 88 valence electrons. The van der Waals surface area contributed by atoms with E-state index in [1.54, 1.807) is 18.2 Å². The summed E-state index contributed by atoms with van der Waals surface area (Å²) in [6.07, 6.45) is 0. The summed E-state index contributed by atoms with van der Waals surface area (Å²) in [4.78, 5) is 0. The molecule has 2 aromatic carbocycles. The first-order valence-corrected chi connectivity index (χ1v) is 5.88. The number of benzene rings is 2. The highest BCUT2D eigenvalue weighted by Gasteiger charge is 2.01. The van der Waals surface area contributed by atoms with Crippen molar-refractivity contribution < 1.29 is 8.78 Å². The third-order valence-corrected chi connectivity index (χ3v) is 3.06. The van der Waals surface area contributed by atoms with Crippen LogP contribution in [0.25, 0.3) is 0 Å². The number of halogens is 3. The lowest BCUT2D eigenvalue weighted by molar-refractivity contribution is 0.626. The Kier molecular flexibility index (Phi) is 3.74. The predicted molar refractivity (Wildman–Crippen MR) is 67.8 cm³/mol. The minimum absolute atomic E-state index is 0.284. The van der Waals surface area contributed by atoms with E-state index < -0.39 is 0 Å². The van der Waals surface area contributed by atoms with Crippen LogP contribution in [0.5, 0.6) is 0 Å². The third-order valence-electron chi connectivity index (χ3n) is 2.32. The zero-order valence-corrected chi connectivity index (χ0v) is 10.5. The third kappa shape index (κ3) is 3.27. The van der Waals surface area contributed by atoms with Crippen LogP contribution < -0.4 is 5.32 Å². The molecule has 0 aliphatic rings. The minimum atomic E-state index is -0.286. The molecule has 0 radical (unpaired) electrons. The Morgan fingerprint density at radius 1 is 1.00 bits per heavy atom. The van der Waals surface area contributed by atoms with Crippen molar-refractivity contribution in [2.45, 2.75) is 6.54 Å². The number of hydrogen-bond donors (Lipinski definition) is 1. The summed E-state index contributed by atoms with van der Waals surface area (Å²) in [6, 6.07) is 10.7. The fourth-order valence-corrected chi connectivity index (χ4v) is 1.95. The van der Waals surface area contributed by atoms with Crippen molar-refractivity contribution >= 4 is 21.6 Å². The second-order valence-electron chi connectivity index (χ2n) is 3.60. The van der Waals surface area contributed by atoms with Gasteiger partial charge in [-0.15, -0.1) is 0 Å². The lowest BCUT2D eigenvalue weighted by atomic mass is 10.2. The van der Waals surface area contributed by atoms with Gasteiger partial charge in [-0.2, -0.15) is 0 Å². The molecule has 2 rings (SSSR count). The van der Waals surface area contributed by atoms with Crippen LogP contribution in [0.4, 0.5) is 14.5 Å². The Morgan fingerprint density at radius 3 is 2.47 bits per heavy atom. The van der Waals surface area contributed by atoms with E-state index in [0.717, 1.165) is 5.56 Å². The molecule has 0 amide bonds. The fourth-order valence-electron chi connectivity index (χ4n) is 1.46. The van der Waals surface area contributed by atoms with Gasteiger partial charge in [0.05, 0.1) is 0 Å². The summed E-state index contributed by atoms with van der Waals surface area (Å²) in [5, 5.41) is 3.07. The average molecular weight is 298 g/mol. The zero-order chi connectivity index (χ0) is 12.3. The highest BCUT2D eigenvalue weighted by atomic mass is 79.9. The molecule has 1 nitrogen and oxygen atoms in total. The number of anilines is 1. The highest BCUT2D eigenvalue weighted by molar-refractivity contribution is 9.10. The number of rotatable bonds is 3. The minimum Gasteiger partial charge on any atom is -0.381 e. The molecule has 0 atom stereocenters. The van der Waals surface area contributed by atoms with Crippen LogP contribution in [0.3, 0.4) is 0 Å². The molecule has 0 aliphatic heterocycles. The monoisotopic (exact) mass is 297 g/mol. The predicted octanol–water partition coefficient (Wildman–Crippen LogP) is 4.34. The second kappa shape index (κ2) is 5.27. The summed E-state index contributed by atoms with van der Waals surface area (Å²) in [7, 11) is 0. The lowest BCUT2D eigenvalue weighted by Gasteiger charge is -2.08. The summed E-state index contributed by atoms with van der Waals surface area (Å²) in [5.74, 6) is -0.570. The molecule has 0 aliphatic carbocycles. The SMILES string of the molecule is Fc1cccc(NCc2ccc(F)cc2Br)c1. The summed E-state index contributed by atoms with van der Waals surface area (Å²) < 4.78 is 26.5. The van der Waals surface area contributed by atoms with E-state index in [4.69, 9.17) is 0 Å². The molecule has 1 N–H and O–H groups in total. The van der Waals surface area contributed by atoms with E-state index in [2.05, 4.69) is 21.2 Å². The molecule has 0 spiro atoms. The molecule has 0 saturated heterocycles. The zero-order valence-electron chi connectivity index (χ0n) is 8.88. The fraction of sp³-hybridized carbons (Fsp3) is 0.0769. The Morgan fingerprint density at radius 2 is 1.76 bits per heavy atom. The maximum atomic E-state index is 12.9. The molecule has 17 heavy (non-hydrogen) atoms. The van der Waals surface area contributed by atoms with E-state index in [0.29, 0.717) is 16.7 Å². The molecule has 0 heterocycles. The van der Waals surface area contributed by atoms with E-state index in [-0.39, 0.29) is 11.6 Å². The van der Waals surface area contributed by atoms with Gasteiger partial charge in [0.15, 0.2) is 0 Å². The molecule has 2 aromatic rings. The average Bonchev–Trinajstić information content (AvgIpc) is 2.28. The van der Waals surface area contributed by atoms with Gasteiger partial charge in [0.2, 0.25) is 0 Å². The van der Waals surface area contributed by atoms with Crippen molar-refractivity contribution in [3.05, 3.63) is 64.1 Å². The molecular weight excluding hydrogens is 288 g/mol. The second-order valence-corrected chi connectivity index (χ2v) is 4.45. The van der Waals surface area contributed by atoms with Crippen LogP contribution in [0.15, 0.2) is 46.9 Å². The van der Waals surface area contributed by atoms with Crippen LogP contribution in [-0.4, -0.2) is 0 Å². The van der Waals surface area contributed by atoms with Gasteiger partial charge in [0.25, 0.3) is 0 Å². The highest BCUT2D eigenvalue weighted by Crippen LogP contribution is 2.19. The van der Waals surface area contributed by atoms with Crippen LogP contribution in [0.2, 0.25) is 0 Å². The van der Waals surface area contributed by atoms with Gasteiger partial charge in [0, 0.05) is 16.7 Å². The van der Waals surface area contributed by atoms with Gasteiger partial charge in [-0.1, -0.05) is 28.1 Å². The first kappa shape index (κ1) is 12.0. The van der Waals surface area contributed by atoms with Crippen LogP contribution in [-0.2, 0) is 6.54 Å². The van der Waals surface area contributed by atoms with Crippen LogP contribution >= 0.6 is 15.9 Å². The van der Waals surface area contributed by atoms with Crippen molar-refractivity contribution in [2.75, 3.05) is 5.32 Å². The molecule has 0 aromatic heterocycles. The van der Waals surface area contributed by atoms with Crippen molar-refractivity contribution in [1.29, 1.82) is 0 Å². The smallest absolute Gasteiger partial charge is 0.125 e. The van der Waals surface area contributed by atoms with E-state index in [1.807, 2.05) is 0 Å². The van der Waals surface area contributed by atoms with Gasteiger partial charge in [0.1, 0.15) is 11.6 Å². The molecular formula is C13H10BrF2N.